The van der Waals surface area contributed by atoms with Crippen molar-refractivity contribution >= 4 is 47.6 Å². The summed E-state index contributed by atoms with van der Waals surface area (Å²) in [6.07, 6.45) is -3.40. The van der Waals surface area contributed by atoms with E-state index >= 15 is 0 Å². The number of amides is 6. The van der Waals surface area contributed by atoms with E-state index < -0.39 is 110 Å². The number of nitrogens with zero attached hydrogens (tertiary/aromatic N) is 1. The van der Waals surface area contributed by atoms with Crippen LogP contribution in [0.4, 0.5) is 4.79 Å². The first-order chi connectivity index (χ1) is 31.6. The molecule has 0 saturated heterocycles. The molecule has 4 aromatic carbocycles. The minimum absolute atomic E-state index is 0.0618. The smallest absolute Gasteiger partial charge is 0.407 e. The number of nitroso groups, excluding NO2 is 1. The van der Waals surface area contributed by atoms with E-state index in [1.54, 1.807) is 60.7 Å². The minimum Gasteiger partial charge on any atom is -0.481 e. The fraction of sp³-hybridized carbons (Fsp3) is 0.319. The molecule has 0 heterocycles. The summed E-state index contributed by atoms with van der Waals surface area (Å²) in [5, 5.41) is 34.0. The van der Waals surface area contributed by atoms with Crippen LogP contribution in [0.5, 0.6) is 0 Å². The average Bonchev–Trinajstić information content (AvgIpc) is 3.62. The van der Waals surface area contributed by atoms with Crippen LogP contribution in [0.1, 0.15) is 60.8 Å². The van der Waals surface area contributed by atoms with E-state index in [1.807, 2.05) is 48.5 Å². The van der Waals surface area contributed by atoms with Crippen LogP contribution in [0.25, 0.3) is 11.1 Å². The van der Waals surface area contributed by atoms with Crippen molar-refractivity contribution in [3.8, 4) is 11.1 Å². The van der Waals surface area contributed by atoms with Gasteiger partial charge >= 0.3 is 18.0 Å². The molecular weight excluding hydrogens is 855 g/mol. The highest BCUT2D eigenvalue weighted by Crippen LogP contribution is 2.44. The summed E-state index contributed by atoms with van der Waals surface area (Å²) in [6, 6.07) is 23.4. The molecule has 1 aliphatic carbocycles. The third-order valence-electron chi connectivity index (χ3n) is 11.0. The number of fused-ring (bicyclic) bond motifs is 3. The zero-order chi connectivity index (χ0) is 47.8. The first-order valence-electron chi connectivity index (χ1n) is 21.1. The van der Waals surface area contributed by atoms with Crippen LogP contribution in [0.15, 0.2) is 114 Å². The van der Waals surface area contributed by atoms with Gasteiger partial charge in [-0.05, 0) is 53.1 Å². The van der Waals surface area contributed by atoms with Gasteiger partial charge in [-0.1, -0.05) is 114 Å². The van der Waals surface area contributed by atoms with E-state index in [1.165, 1.54) is 6.92 Å². The van der Waals surface area contributed by atoms with Gasteiger partial charge in [0.15, 0.2) is 0 Å². The maximum atomic E-state index is 14.2. The fourth-order valence-corrected chi connectivity index (χ4v) is 7.53. The number of hydrogen-bond acceptors (Lipinski definition) is 11. The number of benzene rings is 4. The highest BCUT2D eigenvalue weighted by molar-refractivity contribution is 5.96. The van der Waals surface area contributed by atoms with Crippen molar-refractivity contribution in [1.82, 2.24) is 26.6 Å². The quantitative estimate of drug-likeness (QED) is 0.0471. The Morgan fingerprint density at radius 3 is 1.41 bits per heavy atom. The van der Waals surface area contributed by atoms with Crippen molar-refractivity contribution in [2.45, 2.75) is 87.6 Å². The largest absolute Gasteiger partial charge is 0.481 e. The molecule has 5 rings (SSSR count). The van der Waals surface area contributed by atoms with Crippen LogP contribution < -0.4 is 32.3 Å². The highest BCUT2D eigenvalue weighted by atomic mass is 16.5. The molecule has 19 heteroatoms. The third kappa shape index (κ3) is 13.8. The second-order valence-electron chi connectivity index (χ2n) is 15.7. The van der Waals surface area contributed by atoms with Crippen LogP contribution >= 0.6 is 0 Å². The number of carbonyl (C=O) groups excluding carboxylic acids is 6. The van der Waals surface area contributed by atoms with Gasteiger partial charge in [0.05, 0.1) is 0 Å². The molecule has 6 amide bonds. The van der Waals surface area contributed by atoms with Crippen molar-refractivity contribution in [3.63, 3.8) is 0 Å². The lowest BCUT2D eigenvalue weighted by molar-refractivity contribution is -0.138. The summed E-state index contributed by atoms with van der Waals surface area (Å²) in [6.45, 7) is 1.15. The van der Waals surface area contributed by atoms with Gasteiger partial charge in [0, 0.05) is 31.6 Å². The van der Waals surface area contributed by atoms with E-state index in [-0.39, 0.29) is 25.4 Å². The molecule has 6 atom stereocenters. The number of ether oxygens (including phenoxy) is 1. The zero-order valence-corrected chi connectivity index (χ0v) is 35.9. The maximum Gasteiger partial charge on any atom is 0.407 e. The van der Waals surface area contributed by atoms with Crippen molar-refractivity contribution in [2.24, 2.45) is 10.9 Å². The van der Waals surface area contributed by atoms with Crippen LogP contribution in [0, 0.1) is 4.91 Å². The standard InChI is InChI=1S/C47H51N7O12/c1-27(54-65)41(42(48)59)53-44(61)36(21-23-40(57)58)50-45(62)37(24-28-12-4-2-5-13-28)51-43(60)35(20-22-39(55)56)49-46(63)38(25-29-14-6-3-7-15-29)52-47(64)66-26-34-32-18-10-8-16-30(32)31-17-9-11-19-33(31)34/h2-19,27,34-38,41H,20-26H2,1H3,(H2,48,59)(H,49,63)(H,50,62)(H,51,60)(H,52,64)(H,53,61)(H,55,56)(H,57,58). The molecule has 6 unspecified atom stereocenters. The summed E-state index contributed by atoms with van der Waals surface area (Å²) in [5.41, 5.74) is 10.5. The topological polar surface area (TPSA) is 302 Å². The number of carboxylic acids is 2. The molecule has 0 spiro atoms. The molecular formula is C47H51N7O12. The second-order valence-corrected chi connectivity index (χ2v) is 15.7. The van der Waals surface area contributed by atoms with E-state index in [2.05, 4.69) is 31.8 Å². The van der Waals surface area contributed by atoms with Crippen molar-refractivity contribution in [2.75, 3.05) is 6.61 Å². The maximum absolute atomic E-state index is 14.2. The van der Waals surface area contributed by atoms with Crippen molar-refractivity contribution in [1.29, 1.82) is 0 Å². The Morgan fingerprint density at radius 2 is 0.970 bits per heavy atom. The van der Waals surface area contributed by atoms with Crippen LogP contribution in [0.3, 0.4) is 0 Å². The number of hydrogen-bond donors (Lipinski definition) is 8. The molecule has 0 bridgehead atoms. The summed E-state index contributed by atoms with van der Waals surface area (Å²) >= 11 is 0. The van der Waals surface area contributed by atoms with Gasteiger partial charge in [0.1, 0.15) is 42.9 Å². The molecule has 0 aromatic heterocycles. The summed E-state index contributed by atoms with van der Waals surface area (Å²) in [4.78, 5) is 116. The lowest BCUT2D eigenvalue weighted by atomic mass is 9.98. The third-order valence-corrected chi connectivity index (χ3v) is 11.0. The van der Waals surface area contributed by atoms with Gasteiger partial charge in [0.25, 0.3) is 0 Å². The molecule has 346 valence electrons. The lowest BCUT2D eigenvalue weighted by Gasteiger charge is -2.27. The van der Waals surface area contributed by atoms with Gasteiger partial charge < -0.3 is 47.3 Å². The summed E-state index contributed by atoms with van der Waals surface area (Å²) in [7, 11) is 0. The normalized spacial score (nSPS) is 14.3. The number of rotatable bonds is 24. The van der Waals surface area contributed by atoms with E-state index in [0.717, 1.165) is 22.3 Å². The Balaban J connectivity index is 1.36. The number of aliphatic carboxylic acids is 2. The first kappa shape index (κ1) is 49.1. The minimum atomic E-state index is -1.63. The predicted octanol–water partition coefficient (Wildman–Crippen LogP) is 2.69. The lowest BCUT2D eigenvalue weighted by Crippen LogP contribution is -2.60. The molecule has 9 N–H and O–H groups in total. The second kappa shape index (κ2) is 23.6. The molecule has 4 aromatic rings. The van der Waals surface area contributed by atoms with E-state index in [9.17, 15) is 53.5 Å². The number of nitrogens with one attached hydrogen (secondary N) is 5. The number of nitrogens with two attached hydrogens (primary N) is 1. The molecule has 0 aliphatic heterocycles. The van der Waals surface area contributed by atoms with Gasteiger partial charge in [-0.3, -0.25) is 33.6 Å². The number of carbonyl (C=O) groups is 8. The number of primary amides is 1. The van der Waals surface area contributed by atoms with Gasteiger partial charge in [-0.2, -0.15) is 4.91 Å². The van der Waals surface area contributed by atoms with Crippen LogP contribution in [0.2, 0.25) is 0 Å². The Hall–Kier alpha value is -7.96. The van der Waals surface area contributed by atoms with Crippen LogP contribution in [-0.2, 0) is 51.1 Å². The number of carboxylic acid groups (broad SMARTS) is 2. The van der Waals surface area contributed by atoms with E-state index in [0.29, 0.717) is 11.1 Å². The molecule has 0 saturated carbocycles. The summed E-state index contributed by atoms with van der Waals surface area (Å²) in [5.74, 6) is -8.01. The Kier molecular flexibility index (Phi) is 17.6. The van der Waals surface area contributed by atoms with Gasteiger partial charge in [-0.15, -0.1) is 0 Å². The Labute approximate surface area is 379 Å². The SMILES string of the molecule is CC(N=O)C(NC(=O)C(CCC(=O)O)NC(=O)C(Cc1ccccc1)NC(=O)C(CCC(=O)O)NC(=O)C(Cc1ccccc1)NC(=O)OCC1c2ccccc2-c2ccccc21)C(N)=O. The fourth-order valence-electron chi connectivity index (χ4n) is 7.53. The molecule has 0 radical (unpaired) electrons. The molecule has 0 fully saturated rings. The molecule has 19 nitrogen and oxygen atoms in total. The monoisotopic (exact) mass is 905 g/mol. The van der Waals surface area contributed by atoms with E-state index in [4.69, 9.17) is 10.5 Å². The van der Waals surface area contributed by atoms with Crippen LogP contribution in [-0.4, -0.2) is 101 Å². The Morgan fingerprint density at radius 1 is 0.576 bits per heavy atom. The summed E-state index contributed by atoms with van der Waals surface area (Å²) < 4.78 is 5.72. The highest BCUT2D eigenvalue weighted by Gasteiger charge is 2.35. The van der Waals surface area contributed by atoms with Crippen molar-refractivity contribution < 1.29 is 53.3 Å². The molecule has 1 aliphatic rings. The van der Waals surface area contributed by atoms with Gasteiger partial charge in [-0.25, -0.2) is 4.79 Å². The average molecular weight is 906 g/mol. The Bertz CT molecular complexity index is 2350. The number of alkyl carbamates (subject to hydrolysis) is 1. The predicted molar refractivity (Wildman–Crippen MR) is 238 cm³/mol. The van der Waals surface area contributed by atoms with Gasteiger partial charge in [0.2, 0.25) is 29.5 Å². The molecule has 66 heavy (non-hydrogen) atoms. The zero-order valence-electron chi connectivity index (χ0n) is 35.9. The first-order valence-corrected chi connectivity index (χ1v) is 21.1. The van der Waals surface area contributed by atoms with Crippen molar-refractivity contribution in [3.05, 3.63) is 136 Å².